The van der Waals surface area contributed by atoms with E-state index < -0.39 is 0 Å². The Bertz CT molecular complexity index is 801. The second kappa shape index (κ2) is 3.23. The Morgan fingerprint density at radius 1 is 1.35 bits per heavy atom. The van der Waals surface area contributed by atoms with E-state index in [9.17, 15) is 4.79 Å². The van der Waals surface area contributed by atoms with E-state index in [0.717, 1.165) is 16.6 Å². The molecule has 1 N–H and O–H groups in total. The Balaban J connectivity index is 2.64. The number of imidazole rings is 1. The number of aryl methyl sites for hydroxylation is 2. The largest absolute Gasteiger partial charge is 0.319 e. The van der Waals surface area contributed by atoms with Crippen LogP contribution in [0.4, 0.5) is 0 Å². The molecule has 2 aromatic heterocycles. The summed E-state index contributed by atoms with van der Waals surface area (Å²) in [5.41, 5.74) is 4.45. The van der Waals surface area contributed by atoms with Crippen molar-refractivity contribution in [2.75, 3.05) is 0 Å². The summed E-state index contributed by atoms with van der Waals surface area (Å²) >= 11 is 0. The SMILES string of the molecule is [B]c1cc2c(cc1C)[nH]c(=O)c1c(C)ncn12. The zero-order chi connectivity index (χ0) is 12.2. The molecule has 0 amide bonds. The normalized spacial score (nSPS) is 11.4. The first-order chi connectivity index (χ1) is 8.08. The zero-order valence-corrected chi connectivity index (χ0v) is 9.61. The summed E-state index contributed by atoms with van der Waals surface area (Å²) in [6.07, 6.45) is 1.65. The predicted molar refractivity (Wildman–Crippen MR) is 68.2 cm³/mol. The van der Waals surface area contributed by atoms with E-state index in [-0.39, 0.29) is 5.56 Å². The molecule has 2 heterocycles. The van der Waals surface area contributed by atoms with E-state index in [1.54, 1.807) is 10.7 Å². The molecule has 0 unspecified atom stereocenters. The monoisotopic (exact) mass is 223 g/mol. The van der Waals surface area contributed by atoms with Crippen molar-refractivity contribution < 1.29 is 0 Å². The number of aromatic nitrogens is 3. The fraction of sp³-hybridized carbons (Fsp3) is 0.167. The first kappa shape index (κ1) is 10.1. The van der Waals surface area contributed by atoms with E-state index in [1.807, 2.05) is 26.0 Å². The van der Waals surface area contributed by atoms with Crippen LogP contribution in [-0.4, -0.2) is 22.2 Å². The average molecular weight is 223 g/mol. The number of aromatic amines is 1. The molecule has 1 aromatic carbocycles. The maximum atomic E-state index is 11.9. The van der Waals surface area contributed by atoms with E-state index in [2.05, 4.69) is 9.97 Å². The highest BCUT2D eigenvalue weighted by Gasteiger charge is 2.09. The molecule has 0 aliphatic rings. The molecule has 0 aliphatic heterocycles. The fourth-order valence-corrected chi connectivity index (χ4v) is 2.09. The summed E-state index contributed by atoms with van der Waals surface area (Å²) in [4.78, 5) is 18.9. The molecule has 0 fully saturated rings. The lowest BCUT2D eigenvalue weighted by Crippen LogP contribution is -2.14. The van der Waals surface area contributed by atoms with Crippen LogP contribution >= 0.6 is 0 Å². The molecule has 82 valence electrons. The van der Waals surface area contributed by atoms with Crippen LogP contribution in [0.3, 0.4) is 0 Å². The van der Waals surface area contributed by atoms with Gasteiger partial charge in [-0.25, -0.2) is 4.98 Å². The lowest BCUT2D eigenvalue weighted by Gasteiger charge is -2.06. The number of hydrogen-bond acceptors (Lipinski definition) is 2. The van der Waals surface area contributed by atoms with Gasteiger partial charge in [-0.2, -0.15) is 0 Å². The summed E-state index contributed by atoms with van der Waals surface area (Å²) in [5, 5.41) is 0. The first-order valence-electron chi connectivity index (χ1n) is 5.33. The summed E-state index contributed by atoms with van der Waals surface area (Å²) < 4.78 is 1.78. The number of H-pyrrole nitrogens is 1. The predicted octanol–water partition coefficient (Wildman–Crippen LogP) is 0.586. The number of hydrogen-bond donors (Lipinski definition) is 1. The van der Waals surface area contributed by atoms with Crippen molar-refractivity contribution >= 4 is 29.9 Å². The summed E-state index contributed by atoms with van der Waals surface area (Å²) in [6.45, 7) is 3.73. The van der Waals surface area contributed by atoms with Gasteiger partial charge in [0.1, 0.15) is 19.7 Å². The van der Waals surface area contributed by atoms with Crippen LogP contribution in [0.1, 0.15) is 11.3 Å². The summed E-state index contributed by atoms with van der Waals surface area (Å²) in [5.74, 6) is 0. The minimum Gasteiger partial charge on any atom is -0.319 e. The highest BCUT2D eigenvalue weighted by Crippen LogP contribution is 2.13. The van der Waals surface area contributed by atoms with Gasteiger partial charge in [-0.3, -0.25) is 9.20 Å². The van der Waals surface area contributed by atoms with Gasteiger partial charge in [0, 0.05) is 0 Å². The molecule has 0 saturated carbocycles. The van der Waals surface area contributed by atoms with E-state index in [0.29, 0.717) is 16.7 Å². The Morgan fingerprint density at radius 3 is 2.88 bits per heavy atom. The topological polar surface area (TPSA) is 50.2 Å². The second-order valence-electron chi connectivity index (χ2n) is 4.23. The molecule has 3 aromatic rings. The molecule has 4 nitrogen and oxygen atoms in total. The molecule has 5 heteroatoms. The standard InChI is InChI=1S/C12H10BN3O/c1-6-3-9-10(4-8(6)13)16-5-14-7(2)11(16)12(17)15-9/h3-5H,1-2H3,(H,15,17). The average Bonchev–Trinajstić information content (AvgIpc) is 2.65. The van der Waals surface area contributed by atoms with Crippen molar-refractivity contribution in [1.29, 1.82) is 0 Å². The van der Waals surface area contributed by atoms with E-state index in [4.69, 9.17) is 7.85 Å². The molecule has 3 rings (SSSR count). The van der Waals surface area contributed by atoms with Gasteiger partial charge in [-0.15, -0.1) is 0 Å². The molecule has 17 heavy (non-hydrogen) atoms. The van der Waals surface area contributed by atoms with Crippen LogP contribution < -0.4 is 11.0 Å². The second-order valence-corrected chi connectivity index (χ2v) is 4.23. The van der Waals surface area contributed by atoms with Gasteiger partial charge in [0.05, 0.1) is 16.7 Å². The van der Waals surface area contributed by atoms with Crippen molar-refractivity contribution in [2.45, 2.75) is 13.8 Å². The minimum atomic E-state index is -0.128. The Kier molecular flexibility index (Phi) is 1.93. The molecule has 0 spiro atoms. The lowest BCUT2D eigenvalue weighted by atomic mass is 9.91. The number of benzene rings is 1. The van der Waals surface area contributed by atoms with Gasteiger partial charge in [0.15, 0.2) is 0 Å². The van der Waals surface area contributed by atoms with Crippen LogP contribution in [0.25, 0.3) is 16.6 Å². The molecule has 0 bridgehead atoms. The number of rotatable bonds is 0. The molecule has 0 atom stereocenters. The van der Waals surface area contributed by atoms with Crippen molar-refractivity contribution in [3.63, 3.8) is 0 Å². The van der Waals surface area contributed by atoms with Crippen molar-refractivity contribution in [1.82, 2.24) is 14.4 Å². The van der Waals surface area contributed by atoms with E-state index in [1.165, 1.54) is 0 Å². The third kappa shape index (κ3) is 1.32. The smallest absolute Gasteiger partial charge is 0.274 e. The van der Waals surface area contributed by atoms with Gasteiger partial charge < -0.3 is 4.98 Å². The molecule has 0 aliphatic carbocycles. The first-order valence-corrected chi connectivity index (χ1v) is 5.33. The maximum Gasteiger partial charge on any atom is 0.274 e. The highest BCUT2D eigenvalue weighted by atomic mass is 16.1. The zero-order valence-electron chi connectivity index (χ0n) is 9.61. The quantitative estimate of drug-likeness (QED) is 0.567. The minimum absolute atomic E-state index is 0.128. The molecule has 2 radical (unpaired) electrons. The molecular weight excluding hydrogens is 213 g/mol. The van der Waals surface area contributed by atoms with Crippen LogP contribution in [0.5, 0.6) is 0 Å². The van der Waals surface area contributed by atoms with Crippen LogP contribution in [0, 0.1) is 13.8 Å². The van der Waals surface area contributed by atoms with Gasteiger partial charge in [-0.05, 0) is 26.0 Å². The fourth-order valence-electron chi connectivity index (χ4n) is 2.09. The van der Waals surface area contributed by atoms with Crippen LogP contribution in [0.15, 0.2) is 23.3 Å². The summed E-state index contributed by atoms with van der Waals surface area (Å²) in [6, 6.07) is 3.73. The van der Waals surface area contributed by atoms with E-state index >= 15 is 0 Å². The summed E-state index contributed by atoms with van der Waals surface area (Å²) in [7, 11) is 5.90. The third-order valence-corrected chi connectivity index (χ3v) is 3.06. The molecular formula is C12H10BN3O. The maximum absolute atomic E-state index is 11.9. The van der Waals surface area contributed by atoms with Gasteiger partial charge in [0.25, 0.3) is 5.56 Å². The highest BCUT2D eigenvalue weighted by molar-refractivity contribution is 6.34. The third-order valence-electron chi connectivity index (χ3n) is 3.06. The van der Waals surface area contributed by atoms with Gasteiger partial charge in [0.2, 0.25) is 0 Å². The van der Waals surface area contributed by atoms with Crippen LogP contribution in [0.2, 0.25) is 0 Å². The van der Waals surface area contributed by atoms with Gasteiger partial charge in [-0.1, -0.05) is 11.0 Å². The molecule has 0 saturated heterocycles. The Morgan fingerprint density at radius 2 is 2.12 bits per heavy atom. The lowest BCUT2D eigenvalue weighted by molar-refractivity contribution is 1.16. The Labute approximate surface area is 98.7 Å². The number of nitrogens with one attached hydrogen (secondary N) is 1. The van der Waals surface area contributed by atoms with Crippen LogP contribution in [-0.2, 0) is 0 Å². The van der Waals surface area contributed by atoms with Crippen molar-refractivity contribution in [3.05, 3.63) is 40.1 Å². The number of fused-ring (bicyclic) bond motifs is 3. The Hall–Kier alpha value is -2.04. The number of nitrogens with zero attached hydrogens (tertiary/aromatic N) is 2. The van der Waals surface area contributed by atoms with Gasteiger partial charge >= 0.3 is 0 Å². The van der Waals surface area contributed by atoms with Crippen molar-refractivity contribution in [3.8, 4) is 0 Å². The van der Waals surface area contributed by atoms with Crippen molar-refractivity contribution in [2.24, 2.45) is 0 Å².